The Morgan fingerprint density at radius 3 is 2.56 bits per heavy atom. The highest BCUT2D eigenvalue weighted by atomic mass is 35.5. The summed E-state index contributed by atoms with van der Waals surface area (Å²) in [5.74, 6) is 0. The molecule has 0 heterocycles. The molecule has 0 saturated carbocycles. The fourth-order valence-electron chi connectivity index (χ4n) is 1.02. The molecule has 86 valence electrons. The highest BCUT2D eigenvalue weighted by Crippen LogP contribution is 2.13. The Bertz CT molecular complexity index is 376. The van der Waals surface area contributed by atoms with E-state index in [4.69, 9.17) is 11.6 Å². The molecule has 0 spiro atoms. The summed E-state index contributed by atoms with van der Waals surface area (Å²) < 4.78 is 4.67. The third-order valence-corrected chi connectivity index (χ3v) is 2.04. The summed E-state index contributed by atoms with van der Waals surface area (Å²) in [6.07, 6.45) is -0.544. The van der Waals surface area contributed by atoms with Crippen molar-refractivity contribution < 1.29 is 9.53 Å². The van der Waals surface area contributed by atoms with Crippen molar-refractivity contribution in [3.05, 3.63) is 41.4 Å². The third kappa shape index (κ3) is 3.82. The molecule has 1 aromatic rings. The predicted octanol–water partition coefficient (Wildman–Crippen LogP) is 2.56. The van der Waals surface area contributed by atoms with Crippen molar-refractivity contribution >= 4 is 23.4 Å². The van der Waals surface area contributed by atoms with Gasteiger partial charge in [0.1, 0.15) is 0 Å². The van der Waals surface area contributed by atoms with Crippen LogP contribution in [0.3, 0.4) is 0 Å². The van der Waals surface area contributed by atoms with E-state index in [1.807, 2.05) is 0 Å². The molecule has 2 N–H and O–H groups in total. The van der Waals surface area contributed by atoms with E-state index in [1.54, 1.807) is 31.2 Å². The van der Waals surface area contributed by atoms with Crippen LogP contribution in [-0.4, -0.2) is 12.7 Å². The lowest BCUT2D eigenvalue weighted by atomic mass is 10.2. The number of hydrogen-bond acceptors (Lipinski definition) is 3. The van der Waals surface area contributed by atoms with E-state index in [-0.39, 0.29) is 0 Å². The molecule has 5 heteroatoms. The van der Waals surface area contributed by atoms with Crippen LogP contribution in [0.2, 0.25) is 5.02 Å². The average molecular weight is 241 g/mol. The zero-order chi connectivity index (χ0) is 12.0. The summed E-state index contributed by atoms with van der Waals surface area (Å²) in [5, 5.41) is 0.648. The van der Waals surface area contributed by atoms with Crippen molar-refractivity contribution in [1.82, 2.24) is 10.9 Å². The lowest BCUT2D eigenvalue weighted by Crippen LogP contribution is -2.36. The van der Waals surface area contributed by atoms with Crippen LogP contribution < -0.4 is 10.9 Å². The molecule has 4 nitrogen and oxygen atoms in total. The molecular formula is C11H13ClN2O2. The molecule has 0 bridgehead atoms. The number of halogens is 1. The van der Waals surface area contributed by atoms with Crippen LogP contribution in [0.15, 0.2) is 30.8 Å². The Labute approximate surface area is 99.2 Å². The Balaban J connectivity index is 2.47. The second kappa shape index (κ2) is 6.02. The van der Waals surface area contributed by atoms with E-state index in [9.17, 15) is 4.79 Å². The van der Waals surface area contributed by atoms with Gasteiger partial charge in [-0.15, -0.1) is 0 Å². The zero-order valence-electron chi connectivity index (χ0n) is 8.92. The van der Waals surface area contributed by atoms with Gasteiger partial charge in [-0.2, -0.15) is 0 Å². The Hall–Kier alpha value is -1.68. The number of amides is 1. The van der Waals surface area contributed by atoms with Crippen LogP contribution in [0, 0.1) is 0 Å². The lowest BCUT2D eigenvalue weighted by molar-refractivity contribution is 0.149. The predicted molar refractivity (Wildman–Crippen MR) is 63.8 cm³/mol. The molecular weight excluding hydrogens is 228 g/mol. The van der Waals surface area contributed by atoms with Gasteiger partial charge in [0.05, 0.1) is 12.3 Å². The van der Waals surface area contributed by atoms with E-state index < -0.39 is 6.09 Å². The van der Waals surface area contributed by atoms with E-state index in [0.717, 1.165) is 5.56 Å². The summed E-state index contributed by atoms with van der Waals surface area (Å²) in [4.78, 5) is 11.0. The molecule has 16 heavy (non-hydrogen) atoms. The molecule has 0 atom stereocenters. The smallest absolute Gasteiger partial charge is 0.425 e. The Morgan fingerprint density at radius 2 is 2.00 bits per heavy atom. The van der Waals surface area contributed by atoms with Crippen molar-refractivity contribution in [2.75, 3.05) is 6.61 Å². The topological polar surface area (TPSA) is 50.4 Å². The molecule has 0 saturated heterocycles. The average Bonchev–Trinajstić information content (AvgIpc) is 2.27. The van der Waals surface area contributed by atoms with Gasteiger partial charge in [0.15, 0.2) is 0 Å². The van der Waals surface area contributed by atoms with Gasteiger partial charge < -0.3 is 4.74 Å². The molecule has 0 radical (unpaired) electrons. The second-order valence-electron chi connectivity index (χ2n) is 2.96. The van der Waals surface area contributed by atoms with Gasteiger partial charge in [-0.25, -0.2) is 10.2 Å². The molecule has 0 aliphatic rings. The highest BCUT2D eigenvalue weighted by molar-refractivity contribution is 6.30. The van der Waals surface area contributed by atoms with E-state index in [0.29, 0.717) is 17.3 Å². The summed E-state index contributed by atoms with van der Waals surface area (Å²) >= 11 is 5.75. The van der Waals surface area contributed by atoms with Gasteiger partial charge >= 0.3 is 6.09 Å². The summed E-state index contributed by atoms with van der Waals surface area (Å²) in [6, 6.07) is 7.08. The van der Waals surface area contributed by atoms with Crippen molar-refractivity contribution in [1.29, 1.82) is 0 Å². The van der Waals surface area contributed by atoms with Crippen LogP contribution in [0.4, 0.5) is 4.79 Å². The standard InChI is InChI=1S/C11H13ClN2O2/c1-3-16-11(15)14-13-8(2)9-4-6-10(12)7-5-9/h4-7,13H,2-3H2,1H3,(H,14,15). The van der Waals surface area contributed by atoms with Crippen LogP contribution in [-0.2, 0) is 4.74 Å². The van der Waals surface area contributed by atoms with Crippen LogP contribution >= 0.6 is 11.6 Å². The maximum Gasteiger partial charge on any atom is 0.425 e. The number of carbonyl (C=O) groups is 1. The third-order valence-electron chi connectivity index (χ3n) is 1.78. The monoisotopic (exact) mass is 240 g/mol. The minimum Gasteiger partial charge on any atom is -0.449 e. The molecule has 0 aromatic heterocycles. The highest BCUT2D eigenvalue weighted by Gasteiger charge is 2.01. The zero-order valence-corrected chi connectivity index (χ0v) is 9.67. The van der Waals surface area contributed by atoms with Crippen molar-refractivity contribution in [2.45, 2.75) is 6.92 Å². The molecule has 0 fully saturated rings. The molecule has 1 aromatic carbocycles. The van der Waals surface area contributed by atoms with Crippen molar-refractivity contribution in [3.8, 4) is 0 Å². The molecule has 0 unspecified atom stereocenters. The minimum atomic E-state index is -0.544. The van der Waals surface area contributed by atoms with E-state index in [1.165, 1.54) is 0 Å². The van der Waals surface area contributed by atoms with Crippen LogP contribution in [0.5, 0.6) is 0 Å². The van der Waals surface area contributed by atoms with Gasteiger partial charge in [-0.3, -0.25) is 5.43 Å². The SMILES string of the molecule is C=C(NNC(=O)OCC)c1ccc(Cl)cc1. The number of rotatable bonds is 4. The Kier molecular flexibility index (Phi) is 4.66. The van der Waals surface area contributed by atoms with Gasteiger partial charge in [-0.05, 0) is 24.6 Å². The number of ether oxygens (including phenoxy) is 1. The van der Waals surface area contributed by atoms with Crippen molar-refractivity contribution in [2.24, 2.45) is 0 Å². The van der Waals surface area contributed by atoms with Crippen LogP contribution in [0.25, 0.3) is 5.70 Å². The number of benzene rings is 1. The van der Waals surface area contributed by atoms with Gasteiger partial charge in [0.25, 0.3) is 0 Å². The van der Waals surface area contributed by atoms with E-state index >= 15 is 0 Å². The summed E-state index contributed by atoms with van der Waals surface area (Å²) in [5.41, 5.74) is 6.39. The van der Waals surface area contributed by atoms with Crippen molar-refractivity contribution in [3.63, 3.8) is 0 Å². The number of hydrogen-bond donors (Lipinski definition) is 2. The first-order chi connectivity index (χ1) is 7.63. The Morgan fingerprint density at radius 1 is 1.38 bits per heavy atom. The lowest BCUT2D eigenvalue weighted by Gasteiger charge is -2.10. The number of nitrogens with one attached hydrogen (secondary N) is 2. The quantitative estimate of drug-likeness (QED) is 0.796. The fourth-order valence-corrected chi connectivity index (χ4v) is 1.14. The van der Waals surface area contributed by atoms with Gasteiger partial charge in [-0.1, -0.05) is 30.3 Å². The maximum atomic E-state index is 11.0. The summed E-state index contributed by atoms with van der Waals surface area (Å²) in [7, 11) is 0. The summed E-state index contributed by atoms with van der Waals surface area (Å²) in [6.45, 7) is 5.81. The minimum absolute atomic E-state index is 0.320. The molecule has 0 aliphatic carbocycles. The number of carbonyl (C=O) groups excluding carboxylic acids is 1. The largest absolute Gasteiger partial charge is 0.449 e. The first-order valence-corrected chi connectivity index (χ1v) is 5.15. The fraction of sp³-hybridized carbons (Fsp3) is 0.182. The van der Waals surface area contributed by atoms with E-state index in [2.05, 4.69) is 22.2 Å². The van der Waals surface area contributed by atoms with Gasteiger partial charge in [0, 0.05) is 5.02 Å². The van der Waals surface area contributed by atoms with Crippen LogP contribution in [0.1, 0.15) is 12.5 Å². The molecule has 0 aliphatic heterocycles. The first kappa shape index (κ1) is 12.4. The maximum absolute atomic E-state index is 11.0. The van der Waals surface area contributed by atoms with Gasteiger partial charge in [0.2, 0.25) is 0 Å². The molecule has 1 rings (SSSR count). The number of hydrazine groups is 1. The normalized spacial score (nSPS) is 9.38. The second-order valence-corrected chi connectivity index (χ2v) is 3.39. The first-order valence-electron chi connectivity index (χ1n) is 4.77. The molecule has 1 amide bonds.